The third-order valence-electron chi connectivity index (χ3n) is 4.20. The Hall–Kier alpha value is -2.03. The molecule has 1 aromatic heterocycles. The third kappa shape index (κ3) is 5.98. The molecule has 0 aliphatic carbocycles. The Kier molecular flexibility index (Phi) is 7.14. The van der Waals surface area contributed by atoms with E-state index in [1.54, 1.807) is 6.07 Å². The van der Waals surface area contributed by atoms with Crippen LogP contribution in [0.2, 0.25) is 0 Å². The van der Waals surface area contributed by atoms with E-state index in [-0.39, 0.29) is 22.4 Å². The molecule has 27 heavy (non-hydrogen) atoms. The second kappa shape index (κ2) is 9.77. The first-order chi connectivity index (χ1) is 13.1. The lowest BCUT2D eigenvalue weighted by atomic mass is 10.1. The number of nitrogens with one attached hydrogen (secondary N) is 1. The van der Waals surface area contributed by atoms with Crippen LogP contribution in [0.5, 0.6) is 0 Å². The number of carbonyl (C=O) groups is 1. The highest BCUT2D eigenvalue weighted by Gasteiger charge is 2.16. The molecule has 1 N–H and O–H groups in total. The van der Waals surface area contributed by atoms with Crippen molar-refractivity contribution in [1.82, 2.24) is 15.2 Å². The molecule has 2 heterocycles. The van der Waals surface area contributed by atoms with Crippen LogP contribution in [-0.2, 0) is 17.8 Å². The van der Waals surface area contributed by atoms with Crippen molar-refractivity contribution in [2.45, 2.75) is 23.9 Å². The molecular weight excluding hydrogens is 372 g/mol. The number of morpholine rings is 1. The van der Waals surface area contributed by atoms with Gasteiger partial charge in [0.1, 0.15) is 5.03 Å². The van der Waals surface area contributed by atoms with Crippen LogP contribution in [0.15, 0.2) is 47.6 Å². The van der Waals surface area contributed by atoms with E-state index in [1.807, 2.05) is 24.3 Å². The maximum absolute atomic E-state index is 12.6. The molecule has 0 bridgehead atoms. The Morgan fingerprint density at radius 3 is 2.59 bits per heavy atom. The van der Waals surface area contributed by atoms with Crippen molar-refractivity contribution in [3.8, 4) is 0 Å². The monoisotopic (exact) mass is 393 g/mol. The number of carbonyl (C=O) groups excluding carboxylic acids is 1. The minimum Gasteiger partial charge on any atom is -0.379 e. The number of pyridine rings is 1. The fourth-order valence-electron chi connectivity index (χ4n) is 2.80. The van der Waals surface area contributed by atoms with Crippen LogP contribution in [0.25, 0.3) is 0 Å². The van der Waals surface area contributed by atoms with Gasteiger partial charge in [0.2, 0.25) is 0 Å². The fraction of sp³-hybridized carbons (Fsp3) is 0.368. The zero-order valence-electron chi connectivity index (χ0n) is 14.7. The summed E-state index contributed by atoms with van der Waals surface area (Å²) in [6.07, 6.45) is 1.40. The number of alkyl halides is 2. The number of amides is 1. The Bertz CT molecular complexity index is 753. The summed E-state index contributed by atoms with van der Waals surface area (Å²) in [7, 11) is 0. The lowest BCUT2D eigenvalue weighted by Gasteiger charge is -2.26. The summed E-state index contributed by atoms with van der Waals surface area (Å²) in [5, 5.41) is 2.80. The predicted molar refractivity (Wildman–Crippen MR) is 99.8 cm³/mol. The second-order valence-electron chi connectivity index (χ2n) is 6.12. The average molecular weight is 393 g/mol. The van der Waals surface area contributed by atoms with Gasteiger partial charge in [-0.2, -0.15) is 8.78 Å². The van der Waals surface area contributed by atoms with Crippen LogP contribution < -0.4 is 5.32 Å². The average Bonchev–Trinajstić information content (AvgIpc) is 2.68. The molecule has 8 heteroatoms. The van der Waals surface area contributed by atoms with Gasteiger partial charge in [0.25, 0.3) is 11.7 Å². The van der Waals surface area contributed by atoms with E-state index in [9.17, 15) is 13.6 Å². The zero-order chi connectivity index (χ0) is 19.1. The van der Waals surface area contributed by atoms with Crippen LogP contribution >= 0.6 is 11.8 Å². The maximum Gasteiger partial charge on any atom is 0.290 e. The molecule has 1 saturated heterocycles. The highest BCUT2D eigenvalue weighted by atomic mass is 32.2. The number of nitrogens with zero attached hydrogens (tertiary/aromatic N) is 2. The van der Waals surface area contributed by atoms with Crippen molar-refractivity contribution in [3.63, 3.8) is 0 Å². The Balaban J connectivity index is 1.54. The smallest absolute Gasteiger partial charge is 0.290 e. The Labute approximate surface area is 161 Å². The van der Waals surface area contributed by atoms with E-state index in [0.29, 0.717) is 6.54 Å². The predicted octanol–water partition coefficient (Wildman–Crippen LogP) is 3.16. The molecular formula is C19H21F2N3O2S. The molecule has 2 aromatic rings. The normalized spacial score (nSPS) is 15.1. The molecule has 0 atom stereocenters. The SMILES string of the molecule is O=C(NCc1ccc(CN2CCOCC2)cc1)c1cccnc1SC(F)F. The van der Waals surface area contributed by atoms with Crippen LogP contribution in [0.3, 0.4) is 0 Å². The summed E-state index contributed by atoms with van der Waals surface area (Å²) in [6, 6.07) is 11.1. The number of halogens is 2. The Morgan fingerprint density at radius 2 is 1.89 bits per heavy atom. The zero-order valence-corrected chi connectivity index (χ0v) is 15.6. The summed E-state index contributed by atoms with van der Waals surface area (Å²) < 4.78 is 30.6. The van der Waals surface area contributed by atoms with Gasteiger partial charge in [-0.3, -0.25) is 9.69 Å². The first kappa shape index (κ1) is 19.7. The maximum atomic E-state index is 12.6. The van der Waals surface area contributed by atoms with E-state index in [0.717, 1.165) is 38.4 Å². The van der Waals surface area contributed by atoms with Gasteiger partial charge >= 0.3 is 0 Å². The van der Waals surface area contributed by atoms with Gasteiger partial charge < -0.3 is 10.1 Å². The molecule has 1 fully saturated rings. The Morgan fingerprint density at radius 1 is 1.19 bits per heavy atom. The molecule has 0 radical (unpaired) electrons. The molecule has 1 amide bonds. The minimum atomic E-state index is -2.62. The number of aromatic nitrogens is 1. The largest absolute Gasteiger partial charge is 0.379 e. The van der Waals surface area contributed by atoms with Gasteiger partial charge in [0.15, 0.2) is 0 Å². The summed E-state index contributed by atoms with van der Waals surface area (Å²) in [6.45, 7) is 4.60. The van der Waals surface area contributed by atoms with E-state index in [4.69, 9.17) is 4.74 Å². The fourth-order valence-corrected chi connectivity index (χ4v) is 3.38. The number of ether oxygens (including phenoxy) is 1. The van der Waals surface area contributed by atoms with E-state index in [2.05, 4.69) is 15.2 Å². The van der Waals surface area contributed by atoms with Crippen LogP contribution in [-0.4, -0.2) is 47.9 Å². The van der Waals surface area contributed by atoms with E-state index >= 15 is 0 Å². The highest BCUT2D eigenvalue weighted by molar-refractivity contribution is 7.99. The lowest BCUT2D eigenvalue weighted by molar-refractivity contribution is 0.0342. The molecule has 3 rings (SSSR count). The van der Waals surface area contributed by atoms with Crippen molar-refractivity contribution in [3.05, 3.63) is 59.3 Å². The molecule has 1 aromatic carbocycles. The van der Waals surface area contributed by atoms with Crippen molar-refractivity contribution in [2.75, 3.05) is 26.3 Å². The van der Waals surface area contributed by atoms with Gasteiger partial charge in [0, 0.05) is 32.4 Å². The van der Waals surface area contributed by atoms with Gasteiger partial charge in [-0.1, -0.05) is 24.3 Å². The number of hydrogen-bond donors (Lipinski definition) is 1. The molecule has 0 saturated carbocycles. The molecule has 5 nitrogen and oxygen atoms in total. The van der Waals surface area contributed by atoms with E-state index < -0.39 is 11.7 Å². The quantitative estimate of drug-likeness (QED) is 0.733. The summed E-state index contributed by atoms with van der Waals surface area (Å²) >= 11 is 0.275. The molecule has 0 unspecified atom stereocenters. The highest BCUT2D eigenvalue weighted by Crippen LogP contribution is 2.26. The van der Waals surface area contributed by atoms with Crippen LogP contribution in [0, 0.1) is 0 Å². The van der Waals surface area contributed by atoms with Crippen molar-refractivity contribution in [2.24, 2.45) is 0 Å². The second-order valence-corrected chi connectivity index (χ2v) is 7.10. The number of benzene rings is 1. The molecule has 1 aliphatic heterocycles. The first-order valence-corrected chi connectivity index (χ1v) is 9.56. The first-order valence-electron chi connectivity index (χ1n) is 8.68. The molecule has 1 aliphatic rings. The van der Waals surface area contributed by atoms with Gasteiger partial charge in [-0.15, -0.1) is 0 Å². The summed E-state index contributed by atoms with van der Waals surface area (Å²) in [4.78, 5) is 18.5. The van der Waals surface area contributed by atoms with E-state index in [1.165, 1.54) is 17.8 Å². The topological polar surface area (TPSA) is 54.5 Å². The third-order valence-corrected chi connectivity index (χ3v) is 4.93. The van der Waals surface area contributed by atoms with Crippen molar-refractivity contribution in [1.29, 1.82) is 0 Å². The molecule has 0 spiro atoms. The van der Waals surface area contributed by atoms with Crippen molar-refractivity contribution >= 4 is 17.7 Å². The number of rotatable bonds is 7. The van der Waals surface area contributed by atoms with Gasteiger partial charge in [-0.25, -0.2) is 4.98 Å². The summed E-state index contributed by atoms with van der Waals surface area (Å²) in [5.74, 6) is -3.03. The van der Waals surface area contributed by atoms with Crippen LogP contribution in [0.1, 0.15) is 21.5 Å². The van der Waals surface area contributed by atoms with Crippen molar-refractivity contribution < 1.29 is 18.3 Å². The standard InChI is InChI=1S/C19H21F2N3O2S/c20-19(21)27-18-16(2-1-7-22-18)17(25)23-12-14-3-5-15(6-4-14)13-24-8-10-26-11-9-24/h1-7,19H,8-13H2,(H,23,25). The van der Waals surface area contributed by atoms with Gasteiger partial charge in [0.05, 0.1) is 18.8 Å². The van der Waals surface area contributed by atoms with Gasteiger partial charge in [-0.05, 0) is 35.0 Å². The van der Waals surface area contributed by atoms with Crippen LogP contribution in [0.4, 0.5) is 8.78 Å². The summed E-state index contributed by atoms with van der Waals surface area (Å²) in [5.41, 5.74) is 2.31. The molecule has 144 valence electrons. The number of hydrogen-bond acceptors (Lipinski definition) is 5. The lowest BCUT2D eigenvalue weighted by Crippen LogP contribution is -2.35. The number of thioether (sulfide) groups is 1. The minimum absolute atomic E-state index is 0.0332.